The quantitative estimate of drug-likeness (QED) is 0.782. The molecular formula is C15H13Br2NO2. The highest BCUT2D eigenvalue weighted by molar-refractivity contribution is 9.11. The lowest BCUT2D eigenvalue weighted by Crippen LogP contribution is -2.02. The van der Waals surface area contributed by atoms with Crippen molar-refractivity contribution < 1.29 is 9.90 Å². The maximum absolute atomic E-state index is 10.6. The molecule has 0 amide bonds. The summed E-state index contributed by atoms with van der Waals surface area (Å²) in [4.78, 5) is 10.6. The molecule has 2 aromatic rings. The molecule has 2 aromatic carbocycles. The Kier molecular flexibility index (Phi) is 5.20. The molecule has 0 radical (unpaired) electrons. The standard InChI is InChI=1S/C15H13Br2NO2/c16-12-2-1-3-13(17)15(12)18-9-11-6-4-10(5-7-11)8-14(19)20/h1-7,18H,8-9H2,(H,19,20). The minimum Gasteiger partial charge on any atom is -0.481 e. The van der Waals surface area contributed by atoms with E-state index >= 15 is 0 Å². The SMILES string of the molecule is O=C(O)Cc1ccc(CNc2c(Br)cccc2Br)cc1. The first-order valence-electron chi connectivity index (χ1n) is 6.04. The zero-order valence-corrected chi connectivity index (χ0v) is 13.7. The van der Waals surface area contributed by atoms with Crippen molar-refractivity contribution >= 4 is 43.5 Å². The zero-order valence-electron chi connectivity index (χ0n) is 10.6. The predicted molar refractivity (Wildman–Crippen MR) is 87.0 cm³/mol. The molecule has 0 aliphatic heterocycles. The van der Waals surface area contributed by atoms with Crippen LogP contribution in [0.15, 0.2) is 51.4 Å². The molecule has 0 fully saturated rings. The number of hydrogen-bond donors (Lipinski definition) is 2. The Bertz CT molecular complexity index is 592. The monoisotopic (exact) mass is 397 g/mol. The van der Waals surface area contributed by atoms with E-state index in [-0.39, 0.29) is 6.42 Å². The van der Waals surface area contributed by atoms with Crippen molar-refractivity contribution in [2.45, 2.75) is 13.0 Å². The van der Waals surface area contributed by atoms with Crippen LogP contribution in [0.5, 0.6) is 0 Å². The Labute approximate surface area is 134 Å². The third kappa shape index (κ3) is 4.08. The van der Waals surface area contributed by atoms with Crippen molar-refractivity contribution in [3.05, 3.63) is 62.5 Å². The van der Waals surface area contributed by atoms with Crippen LogP contribution in [-0.2, 0) is 17.8 Å². The minimum atomic E-state index is -0.812. The molecule has 0 saturated carbocycles. The van der Waals surface area contributed by atoms with Crippen LogP contribution in [-0.4, -0.2) is 11.1 Å². The first-order chi connectivity index (χ1) is 9.56. The Morgan fingerprint density at radius 1 is 1.00 bits per heavy atom. The summed E-state index contributed by atoms with van der Waals surface area (Å²) >= 11 is 7.00. The van der Waals surface area contributed by atoms with Gasteiger partial charge in [-0.15, -0.1) is 0 Å². The number of carbonyl (C=O) groups is 1. The van der Waals surface area contributed by atoms with Crippen LogP contribution < -0.4 is 5.32 Å². The molecule has 0 heterocycles. The summed E-state index contributed by atoms with van der Waals surface area (Å²) in [6.45, 7) is 0.675. The van der Waals surface area contributed by atoms with E-state index in [2.05, 4.69) is 37.2 Å². The Balaban J connectivity index is 2.02. The van der Waals surface area contributed by atoms with Gasteiger partial charge in [0.1, 0.15) is 0 Å². The van der Waals surface area contributed by atoms with Gasteiger partial charge in [-0.2, -0.15) is 0 Å². The van der Waals surface area contributed by atoms with Crippen LogP contribution >= 0.6 is 31.9 Å². The van der Waals surface area contributed by atoms with Crippen molar-refractivity contribution in [1.29, 1.82) is 0 Å². The number of carboxylic acid groups (broad SMARTS) is 1. The molecule has 0 unspecified atom stereocenters. The first-order valence-corrected chi connectivity index (χ1v) is 7.62. The fraction of sp³-hybridized carbons (Fsp3) is 0.133. The molecule has 0 aromatic heterocycles. The third-order valence-corrected chi connectivity index (χ3v) is 4.13. The van der Waals surface area contributed by atoms with Crippen LogP contribution in [0.2, 0.25) is 0 Å². The lowest BCUT2D eigenvalue weighted by atomic mass is 10.1. The molecule has 104 valence electrons. The van der Waals surface area contributed by atoms with Crippen molar-refractivity contribution in [3.8, 4) is 0 Å². The van der Waals surface area contributed by atoms with Crippen LogP contribution in [0.25, 0.3) is 0 Å². The van der Waals surface area contributed by atoms with Gasteiger partial charge in [-0.05, 0) is 55.1 Å². The topological polar surface area (TPSA) is 49.3 Å². The van der Waals surface area contributed by atoms with E-state index in [0.717, 1.165) is 25.8 Å². The molecule has 0 atom stereocenters. The second-order valence-corrected chi connectivity index (χ2v) is 6.05. The largest absolute Gasteiger partial charge is 0.481 e. The van der Waals surface area contributed by atoms with Gasteiger partial charge in [0.2, 0.25) is 0 Å². The van der Waals surface area contributed by atoms with Crippen LogP contribution in [0.3, 0.4) is 0 Å². The van der Waals surface area contributed by atoms with E-state index in [0.29, 0.717) is 6.54 Å². The lowest BCUT2D eigenvalue weighted by Gasteiger charge is -2.11. The number of halogens is 2. The van der Waals surface area contributed by atoms with Gasteiger partial charge in [0.05, 0.1) is 12.1 Å². The molecule has 0 aliphatic carbocycles. The van der Waals surface area contributed by atoms with Crippen molar-refractivity contribution in [2.24, 2.45) is 0 Å². The van der Waals surface area contributed by atoms with Gasteiger partial charge < -0.3 is 10.4 Å². The second-order valence-electron chi connectivity index (χ2n) is 4.34. The summed E-state index contributed by atoms with van der Waals surface area (Å²) in [5.41, 5.74) is 2.91. The van der Waals surface area contributed by atoms with E-state index in [4.69, 9.17) is 5.11 Å². The van der Waals surface area contributed by atoms with Crippen molar-refractivity contribution in [1.82, 2.24) is 0 Å². The highest BCUT2D eigenvalue weighted by Crippen LogP contribution is 2.30. The van der Waals surface area contributed by atoms with Crippen LogP contribution in [0, 0.1) is 0 Å². The van der Waals surface area contributed by atoms with Gasteiger partial charge in [-0.25, -0.2) is 0 Å². The van der Waals surface area contributed by atoms with E-state index in [9.17, 15) is 4.79 Å². The third-order valence-electron chi connectivity index (χ3n) is 2.81. The fourth-order valence-electron chi connectivity index (χ4n) is 1.81. The first kappa shape index (κ1) is 15.1. The van der Waals surface area contributed by atoms with E-state index in [1.165, 1.54) is 0 Å². The highest BCUT2D eigenvalue weighted by atomic mass is 79.9. The summed E-state index contributed by atoms with van der Waals surface area (Å²) in [5, 5.41) is 12.1. The van der Waals surface area contributed by atoms with E-state index in [1.54, 1.807) is 0 Å². The number of anilines is 1. The van der Waals surface area contributed by atoms with Gasteiger partial charge >= 0.3 is 5.97 Å². The molecule has 5 heteroatoms. The molecule has 20 heavy (non-hydrogen) atoms. The summed E-state index contributed by atoms with van der Waals surface area (Å²) in [5.74, 6) is -0.812. The number of carboxylic acids is 1. The molecule has 2 rings (SSSR count). The molecule has 3 nitrogen and oxygen atoms in total. The van der Waals surface area contributed by atoms with Crippen LogP contribution in [0.4, 0.5) is 5.69 Å². The lowest BCUT2D eigenvalue weighted by molar-refractivity contribution is -0.136. The average Bonchev–Trinajstić information content (AvgIpc) is 2.39. The summed E-state index contributed by atoms with van der Waals surface area (Å²) in [6, 6.07) is 13.5. The number of aliphatic carboxylic acids is 1. The molecule has 0 saturated heterocycles. The Hall–Kier alpha value is -1.33. The number of benzene rings is 2. The van der Waals surface area contributed by atoms with Crippen molar-refractivity contribution in [2.75, 3.05) is 5.32 Å². The number of hydrogen-bond acceptors (Lipinski definition) is 2. The van der Waals surface area contributed by atoms with Gasteiger partial charge in [0, 0.05) is 15.5 Å². The number of nitrogens with one attached hydrogen (secondary N) is 1. The summed E-state index contributed by atoms with van der Waals surface area (Å²) < 4.78 is 1.99. The Morgan fingerprint density at radius 3 is 2.10 bits per heavy atom. The number of para-hydroxylation sites is 1. The molecule has 2 N–H and O–H groups in total. The molecular weight excluding hydrogens is 386 g/mol. The van der Waals surface area contributed by atoms with Crippen LogP contribution in [0.1, 0.15) is 11.1 Å². The Morgan fingerprint density at radius 2 is 1.55 bits per heavy atom. The minimum absolute atomic E-state index is 0.0590. The molecule has 0 bridgehead atoms. The number of rotatable bonds is 5. The van der Waals surface area contributed by atoms with Crippen molar-refractivity contribution in [3.63, 3.8) is 0 Å². The highest BCUT2D eigenvalue weighted by Gasteiger charge is 2.04. The summed E-state index contributed by atoms with van der Waals surface area (Å²) in [6.07, 6.45) is 0.0590. The molecule has 0 aliphatic rings. The van der Waals surface area contributed by atoms with E-state index < -0.39 is 5.97 Å². The normalized spacial score (nSPS) is 10.3. The zero-order chi connectivity index (χ0) is 14.5. The molecule has 0 spiro atoms. The smallest absolute Gasteiger partial charge is 0.307 e. The van der Waals surface area contributed by atoms with Gasteiger partial charge in [0.15, 0.2) is 0 Å². The van der Waals surface area contributed by atoms with E-state index in [1.807, 2.05) is 42.5 Å². The average molecular weight is 399 g/mol. The van der Waals surface area contributed by atoms with Gasteiger partial charge in [-0.3, -0.25) is 4.79 Å². The summed E-state index contributed by atoms with van der Waals surface area (Å²) in [7, 11) is 0. The maximum Gasteiger partial charge on any atom is 0.307 e. The predicted octanol–water partition coefficient (Wildman–Crippen LogP) is 4.45. The fourth-order valence-corrected chi connectivity index (χ4v) is 3.09. The maximum atomic E-state index is 10.6. The van der Waals surface area contributed by atoms with Gasteiger partial charge in [0.25, 0.3) is 0 Å². The van der Waals surface area contributed by atoms with Gasteiger partial charge in [-0.1, -0.05) is 30.3 Å². The second kappa shape index (κ2) is 6.90.